The van der Waals surface area contributed by atoms with Crippen molar-refractivity contribution in [2.45, 2.75) is 52.7 Å². The number of nitrogens with one attached hydrogen (secondary N) is 1. The molecule has 2 nitrogen and oxygen atoms in total. The summed E-state index contributed by atoms with van der Waals surface area (Å²) in [7, 11) is 0. The third-order valence-corrected chi connectivity index (χ3v) is 2.26. The van der Waals surface area contributed by atoms with Crippen LogP contribution >= 0.6 is 0 Å². The zero-order chi connectivity index (χ0) is 9.61. The summed E-state index contributed by atoms with van der Waals surface area (Å²) in [5.41, 5.74) is -0.0517. The fourth-order valence-electron chi connectivity index (χ4n) is 1.10. The van der Waals surface area contributed by atoms with Crippen molar-refractivity contribution in [3.05, 3.63) is 0 Å². The summed E-state index contributed by atoms with van der Waals surface area (Å²) >= 11 is 0. The standard InChI is InChI=1S/C10H23NO/c1-6-8-11-9(3)10(4,5)12-7-2/h9,11H,6-8H2,1-5H3. The van der Waals surface area contributed by atoms with Gasteiger partial charge in [-0.05, 0) is 40.7 Å². The van der Waals surface area contributed by atoms with Gasteiger partial charge < -0.3 is 10.1 Å². The average molecular weight is 173 g/mol. The van der Waals surface area contributed by atoms with E-state index in [2.05, 4.69) is 33.0 Å². The Morgan fingerprint density at radius 1 is 1.33 bits per heavy atom. The van der Waals surface area contributed by atoms with E-state index in [1.165, 1.54) is 6.42 Å². The molecular weight excluding hydrogens is 150 g/mol. The van der Waals surface area contributed by atoms with Crippen molar-refractivity contribution in [2.75, 3.05) is 13.2 Å². The topological polar surface area (TPSA) is 21.3 Å². The third kappa shape index (κ3) is 4.07. The third-order valence-electron chi connectivity index (χ3n) is 2.26. The maximum Gasteiger partial charge on any atom is 0.0775 e. The fraction of sp³-hybridized carbons (Fsp3) is 1.00. The first-order valence-electron chi connectivity index (χ1n) is 4.92. The van der Waals surface area contributed by atoms with Crippen LogP contribution in [0.1, 0.15) is 41.0 Å². The summed E-state index contributed by atoms with van der Waals surface area (Å²) in [4.78, 5) is 0. The summed E-state index contributed by atoms with van der Waals surface area (Å²) in [6, 6.07) is 0.414. The minimum absolute atomic E-state index is 0.0517. The Kier molecular flexibility index (Phi) is 5.51. The van der Waals surface area contributed by atoms with Crippen LogP contribution in [0.15, 0.2) is 0 Å². The highest BCUT2D eigenvalue weighted by atomic mass is 16.5. The van der Waals surface area contributed by atoms with E-state index in [1.807, 2.05) is 6.92 Å². The quantitative estimate of drug-likeness (QED) is 0.665. The van der Waals surface area contributed by atoms with Crippen LogP contribution in [-0.4, -0.2) is 24.8 Å². The van der Waals surface area contributed by atoms with Crippen LogP contribution < -0.4 is 5.32 Å². The molecule has 0 radical (unpaired) electrons. The molecule has 1 unspecified atom stereocenters. The van der Waals surface area contributed by atoms with E-state index in [-0.39, 0.29) is 5.60 Å². The molecule has 0 spiro atoms. The van der Waals surface area contributed by atoms with Crippen molar-refractivity contribution < 1.29 is 4.74 Å². The molecule has 0 fully saturated rings. The van der Waals surface area contributed by atoms with Gasteiger partial charge in [-0.25, -0.2) is 0 Å². The van der Waals surface area contributed by atoms with Gasteiger partial charge >= 0.3 is 0 Å². The van der Waals surface area contributed by atoms with E-state index in [1.54, 1.807) is 0 Å². The van der Waals surface area contributed by atoms with Gasteiger partial charge in [0.05, 0.1) is 5.60 Å². The second-order valence-electron chi connectivity index (χ2n) is 3.71. The molecule has 12 heavy (non-hydrogen) atoms. The maximum absolute atomic E-state index is 5.63. The highest BCUT2D eigenvalue weighted by molar-refractivity contribution is 4.81. The van der Waals surface area contributed by atoms with Crippen LogP contribution in [-0.2, 0) is 4.74 Å². The van der Waals surface area contributed by atoms with Gasteiger partial charge in [0, 0.05) is 12.6 Å². The lowest BCUT2D eigenvalue weighted by Crippen LogP contribution is -2.46. The molecule has 0 aliphatic rings. The second-order valence-corrected chi connectivity index (χ2v) is 3.71. The molecule has 0 rings (SSSR count). The minimum Gasteiger partial charge on any atom is -0.374 e. The van der Waals surface area contributed by atoms with Crippen LogP contribution in [0.25, 0.3) is 0 Å². The van der Waals surface area contributed by atoms with Crippen molar-refractivity contribution >= 4 is 0 Å². The number of hydrogen-bond donors (Lipinski definition) is 1. The fourth-order valence-corrected chi connectivity index (χ4v) is 1.10. The van der Waals surface area contributed by atoms with Crippen molar-refractivity contribution in [1.29, 1.82) is 0 Å². The molecular formula is C10H23NO. The largest absolute Gasteiger partial charge is 0.374 e. The highest BCUT2D eigenvalue weighted by Crippen LogP contribution is 2.14. The maximum atomic E-state index is 5.63. The molecule has 0 bridgehead atoms. The Balaban J connectivity index is 3.79. The summed E-state index contributed by atoms with van der Waals surface area (Å²) in [5.74, 6) is 0. The lowest BCUT2D eigenvalue weighted by molar-refractivity contribution is -0.0335. The normalized spacial score (nSPS) is 14.8. The summed E-state index contributed by atoms with van der Waals surface area (Å²) in [5, 5.41) is 3.43. The molecule has 0 amide bonds. The van der Waals surface area contributed by atoms with Gasteiger partial charge in [0.15, 0.2) is 0 Å². The molecule has 0 heterocycles. The molecule has 1 atom stereocenters. The monoisotopic (exact) mass is 173 g/mol. The second kappa shape index (κ2) is 5.55. The molecule has 1 N–H and O–H groups in total. The van der Waals surface area contributed by atoms with E-state index < -0.39 is 0 Å². The van der Waals surface area contributed by atoms with Gasteiger partial charge in [-0.1, -0.05) is 6.92 Å². The lowest BCUT2D eigenvalue weighted by atomic mass is 10.0. The van der Waals surface area contributed by atoms with Crippen LogP contribution in [0, 0.1) is 0 Å². The molecule has 2 heteroatoms. The molecule has 0 aliphatic heterocycles. The molecule has 0 aromatic carbocycles. The summed E-state index contributed by atoms with van der Waals surface area (Å²) in [6.45, 7) is 12.5. The van der Waals surface area contributed by atoms with E-state index in [0.717, 1.165) is 13.2 Å². The van der Waals surface area contributed by atoms with E-state index in [0.29, 0.717) is 6.04 Å². The Labute approximate surface area is 76.7 Å². The molecule has 0 saturated carbocycles. The number of hydrogen-bond acceptors (Lipinski definition) is 2. The van der Waals surface area contributed by atoms with Crippen LogP contribution in [0.3, 0.4) is 0 Å². The molecule has 0 aliphatic carbocycles. The lowest BCUT2D eigenvalue weighted by Gasteiger charge is -2.32. The van der Waals surface area contributed by atoms with Gasteiger partial charge in [0.25, 0.3) is 0 Å². The smallest absolute Gasteiger partial charge is 0.0775 e. The Morgan fingerprint density at radius 2 is 1.92 bits per heavy atom. The van der Waals surface area contributed by atoms with Gasteiger partial charge in [-0.3, -0.25) is 0 Å². The van der Waals surface area contributed by atoms with Crippen molar-refractivity contribution in [3.8, 4) is 0 Å². The first kappa shape index (κ1) is 11.9. The van der Waals surface area contributed by atoms with Crippen LogP contribution in [0.2, 0.25) is 0 Å². The average Bonchev–Trinajstić information content (AvgIpc) is 2.00. The zero-order valence-electron chi connectivity index (χ0n) is 9.11. The van der Waals surface area contributed by atoms with Crippen molar-refractivity contribution in [2.24, 2.45) is 0 Å². The zero-order valence-corrected chi connectivity index (χ0v) is 9.11. The predicted molar refractivity (Wildman–Crippen MR) is 53.5 cm³/mol. The van der Waals surface area contributed by atoms with Crippen LogP contribution in [0.5, 0.6) is 0 Å². The van der Waals surface area contributed by atoms with Gasteiger partial charge in [-0.15, -0.1) is 0 Å². The van der Waals surface area contributed by atoms with Gasteiger partial charge in [-0.2, -0.15) is 0 Å². The predicted octanol–water partition coefficient (Wildman–Crippen LogP) is 2.19. The van der Waals surface area contributed by atoms with E-state index in [4.69, 9.17) is 4.74 Å². The van der Waals surface area contributed by atoms with Crippen molar-refractivity contribution in [3.63, 3.8) is 0 Å². The number of rotatable bonds is 6. The van der Waals surface area contributed by atoms with Crippen LogP contribution in [0.4, 0.5) is 0 Å². The first-order valence-corrected chi connectivity index (χ1v) is 4.92. The van der Waals surface area contributed by atoms with E-state index in [9.17, 15) is 0 Å². The first-order chi connectivity index (χ1) is 5.54. The molecule has 0 aromatic rings. The SMILES string of the molecule is CCCNC(C)C(C)(C)OCC. The Bertz CT molecular complexity index is 112. The minimum atomic E-state index is -0.0517. The summed E-state index contributed by atoms with van der Waals surface area (Å²) in [6.07, 6.45) is 1.17. The van der Waals surface area contributed by atoms with Crippen molar-refractivity contribution in [1.82, 2.24) is 5.32 Å². The molecule has 0 saturated heterocycles. The molecule has 0 aromatic heterocycles. The van der Waals surface area contributed by atoms with Gasteiger partial charge in [0.2, 0.25) is 0 Å². The number of ether oxygens (including phenoxy) is 1. The highest BCUT2D eigenvalue weighted by Gasteiger charge is 2.24. The Hall–Kier alpha value is -0.0800. The van der Waals surface area contributed by atoms with E-state index >= 15 is 0 Å². The summed E-state index contributed by atoms with van der Waals surface area (Å²) < 4.78 is 5.63. The Morgan fingerprint density at radius 3 is 2.33 bits per heavy atom. The van der Waals surface area contributed by atoms with Gasteiger partial charge in [0.1, 0.15) is 0 Å². The molecule has 74 valence electrons.